The van der Waals surface area contributed by atoms with Gasteiger partial charge in [-0.3, -0.25) is 4.79 Å². The monoisotopic (exact) mass is 369 g/mol. The van der Waals surface area contributed by atoms with E-state index in [1.165, 1.54) is 23.9 Å². The SMILES string of the molecule is C=CCn1c(SCC(=O)N[C@@H](C)c2ccc(F)cc2)nc2ccccc21. The van der Waals surface area contributed by atoms with Crippen LogP contribution < -0.4 is 5.32 Å². The van der Waals surface area contributed by atoms with Crippen LogP contribution >= 0.6 is 11.8 Å². The van der Waals surface area contributed by atoms with Crippen molar-refractivity contribution in [1.29, 1.82) is 0 Å². The average Bonchev–Trinajstić information content (AvgIpc) is 2.99. The van der Waals surface area contributed by atoms with Crippen LogP contribution in [0, 0.1) is 5.82 Å². The minimum absolute atomic E-state index is 0.0935. The van der Waals surface area contributed by atoms with Gasteiger partial charge in [-0.15, -0.1) is 6.58 Å². The van der Waals surface area contributed by atoms with Gasteiger partial charge < -0.3 is 9.88 Å². The highest BCUT2D eigenvalue weighted by Crippen LogP contribution is 2.24. The number of benzene rings is 2. The molecule has 0 bridgehead atoms. The number of hydrogen-bond donors (Lipinski definition) is 1. The minimum atomic E-state index is -0.288. The highest BCUT2D eigenvalue weighted by Gasteiger charge is 2.14. The van der Waals surface area contributed by atoms with Crippen LogP contribution in [0.1, 0.15) is 18.5 Å². The van der Waals surface area contributed by atoms with Crippen LogP contribution in [0.5, 0.6) is 0 Å². The molecule has 1 amide bonds. The van der Waals surface area contributed by atoms with Crippen LogP contribution in [0.4, 0.5) is 4.39 Å². The van der Waals surface area contributed by atoms with Crippen LogP contribution in [0.15, 0.2) is 66.3 Å². The smallest absolute Gasteiger partial charge is 0.230 e. The van der Waals surface area contributed by atoms with Gasteiger partial charge in [0.2, 0.25) is 5.91 Å². The number of nitrogens with zero attached hydrogens (tertiary/aromatic N) is 2. The fraction of sp³-hybridized carbons (Fsp3) is 0.200. The predicted octanol–water partition coefficient (Wildman–Crippen LogP) is 4.33. The van der Waals surface area contributed by atoms with E-state index in [2.05, 4.69) is 16.9 Å². The van der Waals surface area contributed by atoms with Gasteiger partial charge in [-0.05, 0) is 36.8 Å². The second kappa shape index (κ2) is 8.19. The standard InChI is InChI=1S/C20H20FN3OS/c1-3-12-24-18-7-5-4-6-17(18)23-20(24)26-13-19(25)22-14(2)15-8-10-16(21)11-9-15/h3-11,14H,1,12-13H2,2H3,(H,22,25)/t14-/m0/s1. The highest BCUT2D eigenvalue weighted by molar-refractivity contribution is 7.99. The predicted molar refractivity (Wildman–Crippen MR) is 104 cm³/mol. The van der Waals surface area contributed by atoms with Crippen molar-refractivity contribution in [2.75, 3.05) is 5.75 Å². The minimum Gasteiger partial charge on any atom is -0.349 e. The van der Waals surface area contributed by atoms with Crippen LogP contribution in [0.25, 0.3) is 11.0 Å². The van der Waals surface area contributed by atoms with Gasteiger partial charge in [0, 0.05) is 6.54 Å². The van der Waals surface area contributed by atoms with Crippen molar-refractivity contribution in [3.05, 3.63) is 72.6 Å². The normalized spacial score (nSPS) is 12.1. The summed E-state index contributed by atoms with van der Waals surface area (Å²) in [7, 11) is 0. The second-order valence-corrected chi connectivity index (χ2v) is 6.85. The lowest BCUT2D eigenvalue weighted by atomic mass is 10.1. The Balaban J connectivity index is 1.65. The summed E-state index contributed by atoms with van der Waals surface area (Å²) >= 11 is 1.39. The van der Waals surface area contributed by atoms with E-state index in [0.29, 0.717) is 6.54 Å². The zero-order chi connectivity index (χ0) is 18.5. The number of halogens is 1. The number of hydrogen-bond acceptors (Lipinski definition) is 3. The number of allylic oxidation sites excluding steroid dienone is 1. The summed E-state index contributed by atoms with van der Waals surface area (Å²) in [4.78, 5) is 16.9. The summed E-state index contributed by atoms with van der Waals surface area (Å²) in [6, 6.07) is 13.8. The molecule has 1 N–H and O–H groups in total. The van der Waals surface area contributed by atoms with E-state index in [4.69, 9.17) is 0 Å². The Labute approximate surface area is 156 Å². The molecule has 0 aliphatic heterocycles. The van der Waals surface area contributed by atoms with Gasteiger partial charge in [-0.2, -0.15) is 0 Å². The molecule has 1 atom stereocenters. The van der Waals surface area contributed by atoms with Crippen molar-refractivity contribution in [2.24, 2.45) is 0 Å². The number of nitrogens with one attached hydrogen (secondary N) is 1. The number of carbonyl (C=O) groups is 1. The molecule has 0 saturated carbocycles. The molecule has 0 aliphatic carbocycles. The fourth-order valence-electron chi connectivity index (χ4n) is 2.72. The van der Waals surface area contributed by atoms with E-state index < -0.39 is 0 Å². The Morgan fingerprint density at radius 1 is 1.31 bits per heavy atom. The van der Waals surface area contributed by atoms with Crippen molar-refractivity contribution < 1.29 is 9.18 Å². The first-order chi connectivity index (χ1) is 12.6. The Morgan fingerprint density at radius 2 is 2.04 bits per heavy atom. The molecule has 134 valence electrons. The number of thioether (sulfide) groups is 1. The van der Waals surface area contributed by atoms with Gasteiger partial charge in [0.15, 0.2) is 5.16 Å². The van der Waals surface area contributed by atoms with E-state index >= 15 is 0 Å². The third-order valence-corrected chi connectivity index (χ3v) is 4.99. The quantitative estimate of drug-likeness (QED) is 0.498. The molecule has 26 heavy (non-hydrogen) atoms. The first-order valence-corrected chi connectivity index (χ1v) is 9.31. The number of imidazole rings is 1. The highest BCUT2D eigenvalue weighted by atomic mass is 32.2. The van der Waals surface area contributed by atoms with E-state index in [9.17, 15) is 9.18 Å². The van der Waals surface area contributed by atoms with Crippen LogP contribution in [0.3, 0.4) is 0 Å². The maximum atomic E-state index is 13.0. The number of rotatable bonds is 7. The maximum Gasteiger partial charge on any atom is 0.230 e. The van der Waals surface area contributed by atoms with Crippen LogP contribution in [-0.2, 0) is 11.3 Å². The zero-order valence-electron chi connectivity index (χ0n) is 14.5. The van der Waals surface area contributed by atoms with Gasteiger partial charge >= 0.3 is 0 Å². The van der Waals surface area contributed by atoms with E-state index in [-0.39, 0.29) is 23.5 Å². The molecule has 0 radical (unpaired) electrons. The van der Waals surface area contributed by atoms with Crippen LogP contribution in [0.2, 0.25) is 0 Å². The van der Waals surface area contributed by atoms with Crippen molar-refractivity contribution in [2.45, 2.75) is 24.7 Å². The van der Waals surface area contributed by atoms with Crippen molar-refractivity contribution in [1.82, 2.24) is 14.9 Å². The Morgan fingerprint density at radius 3 is 2.77 bits per heavy atom. The zero-order valence-corrected chi connectivity index (χ0v) is 15.3. The molecular formula is C20H20FN3OS. The van der Waals surface area contributed by atoms with E-state index in [1.807, 2.05) is 41.8 Å². The summed E-state index contributed by atoms with van der Waals surface area (Å²) in [5, 5.41) is 3.72. The molecule has 0 aliphatic rings. The second-order valence-electron chi connectivity index (χ2n) is 5.91. The molecule has 3 rings (SSSR count). The van der Waals surface area contributed by atoms with Gasteiger partial charge in [0.25, 0.3) is 0 Å². The first-order valence-electron chi connectivity index (χ1n) is 8.32. The average molecular weight is 369 g/mol. The lowest BCUT2D eigenvalue weighted by Crippen LogP contribution is -2.28. The molecular weight excluding hydrogens is 349 g/mol. The molecule has 1 aromatic heterocycles. The lowest BCUT2D eigenvalue weighted by molar-refractivity contribution is -0.119. The maximum absolute atomic E-state index is 13.0. The fourth-order valence-corrected chi connectivity index (χ4v) is 3.55. The molecule has 2 aromatic carbocycles. The summed E-state index contributed by atoms with van der Waals surface area (Å²) in [5.74, 6) is -0.126. The van der Waals surface area contributed by atoms with Crippen LogP contribution in [-0.4, -0.2) is 21.2 Å². The summed E-state index contributed by atoms with van der Waals surface area (Å²) in [6.45, 7) is 6.31. The van der Waals surface area contributed by atoms with Crippen molar-refractivity contribution >= 4 is 28.7 Å². The molecule has 0 spiro atoms. The number of carbonyl (C=O) groups excluding carboxylic acids is 1. The summed E-state index contributed by atoms with van der Waals surface area (Å²) in [6.07, 6.45) is 1.81. The lowest BCUT2D eigenvalue weighted by Gasteiger charge is -2.14. The van der Waals surface area contributed by atoms with Crippen molar-refractivity contribution in [3.8, 4) is 0 Å². The topological polar surface area (TPSA) is 46.9 Å². The number of fused-ring (bicyclic) bond motifs is 1. The molecule has 0 unspecified atom stereocenters. The van der Waals surface area contributed by atoms with Gasteiger partial charge in [0.1, 0.15) is 5.82 Å². The van der Waals surface area contributed by atoms with Crippen molar-refractivity contribution in [3.63, 3.8) is 0 Å². The largest absolute Gasteiger partial charge is 0.349 e. The molecule has 0 saturated heterocycles. The summed E-state index contributed by atoms with van der Waals surface area (Å²) < 4.78 is 15.0. The van der Waals surface area contributed by atoms with Gasteiger partial charge in [-0.1, -0.05) is 42.1 Å². The molecule has 1 heterocycles. The first kappa shape index (κ1) is 18.2. The summed E-state index contributed by atoms with van der Waals surface area (Å²) in [5.41, 5.74) is 2.79. The third kappa shape index (κ3) is 4.14. The Kier molecular flexibility index (Phi) is 5.73. The number of aromatic nitrogens is 2. The Hall–Kier alpha value is -2.60. The molecule has 3 aromatic rings. The third-order valence-electron chi connectivity index (χ3n) is 4.01. The molecule has 4 nitrogen and oxygen atoms in total. The van der Waals surface area contributed by atoms with E-state index in [0.717, 1.165) is 21.8 Å². The number of amides is 1. The van der Waals surface area contributed by atoms with Gasteiger partial charge in [0.05, 0.1) is 22.8 Å². The van der Waals surface area contributed by atoms with Gasteiger partial charge in [-0.25, -0.2) is 9.37 Å². The molecule has 6 heteroatoms. The molecule has 0 fully saturated rings. The van der Waals surface area contributed by atoms with E-state index in [1.54, 1.807) is 12.1 Å². The number of para-hydroxylation sites is 2. The Bertz CT molecular complexity index is 920.